The fourth-order valence-electron chi connectivity index (χ4n) is 5.53. The molecule has 0 fully saturated rings. The van der Waals surface area contributed by atoms with Gasteiger partial charge < -0.3 is 15.6 Å². The molecule has 3 unspecified atom stereocenters. The van der Waals surface area contributed by atoms with Crippen molar-refractivity contribution in [1.29, 1.82) is 0 Å². The minimum Gasteiger partial charge on any atom is -0.380 e. The third kappa shape index (κ3) is 14.4. The highest BCUT2D eigenvalue weighted by Crippen LogP contribution is 2.23. The molecule has 0 bridgehead atoms. The summed E-state index contributed by atoms with van der Waals surface area (Å²) in [5.74, 6) is 1.73. The van der Waals surface area contributed by atoms with Crippen LogP contribution in [0.1, 0.15) is 84.9 Å². The van der Waals surface area contributed by atoms with Crippen molar-refractivity contribution in [2.45, 2.75) is 99.6 Å². The predicted octanol–water partition coefficient (Wildman–Crippen LogP) is 12.0. The van der Waals surface area contributed by atoms with E-state index in [-0.39, 0.29) is 12.1 Å². The van der Waals surface area contributed by atoms with Crippen LogP contribution in [-0.4, -0.2) is 17.1 Å². The predicted molar refractivity (Wildman–Crippen MR) is 218 cm³/mol. The van der Waals surface area contributed by atoms with Gasteiger partial charge in [0, 0.05) is 28.5 Å². The first kappa shape index (κ1) is 40.9. The number of aromatic amines is 1. The van der Waals surface area contributed by atoms with Gasteiger partial charge in [0.1, 0.15) is 0 Å². The Morgan fingerprint density at radius 1 is 0.653 bits per heavy atom. The minimum atomic E-state index is 0.0436. The molecule has 3 aromatic carbocycles. The van der Waals surface area contributed by atoms with E-state index in [4.69, 9.17) is 0 Å². The van der Waals surface area contributed by atoms with E-state index < -0.39 is 0 Å². The summed E-state index contributed by atoms with van der Waals surface area (Å²) in [7, 11) is 0. The molecule has 0 spiro atoms. The lowest BCUT2D eigenvalue weighted by molar-refractivity contribution is 0.519. The molecule has 1 aromatic heterocycles. The van der Waals surface area contributed by atoms with Crippen molar-refractivity contribution in [3.63, 3.8) is 0 Å². The van der Waals surface area contributed by atoms with Crippen LogP contribution in [0.15, 0.2) is 140 Å². The Morgan fingerprint density at radius 2 is 1.18 bits per heavy atom. The van der Waals surface area contributed by atoms with Gasteiger partial charge in [0.15, 0.2) is 0 Å². The van der Waals surface area contributed by atoms with Crippen molar-refractivity contribution in [2.24, 2.45) is 17.8 Å². The average Bonchev–Trinajstić information content (AvgIpc) is 3.51. The summed E-state index contributed by atoms with van der Waals surface area (Å²) in [6.07, 6.45) is 7.35. The van der Waals surface area contributed by atoms with E-state index in [2.05, 4.69) is 169 Å². The maximum absolute atomic E-state index is 4.41. The van der Waals surface area contributed by atoms with Crippen molar-refractivity contribution >= 4 is 10.9 Å². The summed E-state index contributed by atoms with van der Waals surface area (Å²) in [6.45, 7) is 34.3. The van der Waals surface area contributed by atoms with Gasteiger partial charge in [0.2, 0.25) is 0 Å². The van der Waals surface area contributed by atoms with E-state index in [0.29, 0.717) is 11.8 Å². The van der Waals surface area contributed by atoms with Crippen molar-refractivity contribution in [1.82, 2.24) is 15.6 Å². The number of nitrogens with one attached hydrogen (secondary N) is 3. The SMILES string of the molecule is C=C(CCC(C)C)C(C)Cc1ccccc1.C=C(NC(Cc1ccccc1)C(=C)NC(Cc1c[nH]c2ccccc12)C(=C)C)C(C)C.CC. The Bertz CT molecular complexity index is 1560. The van der Waals surface area contributed by atoms with E-state index >= 15 is 0 Å². The van der Waals surface area contributed by atoms with Gasteiger partial charge in [-0.05, 0) is 79.5 Å². The van der Waals surface area contributed by atoms with Crippen LogP contribution >= 0.6 is 0 Å². The van der Waals surface area contributed by atoms with Crippen molar-refractivity contribution in [2.75, 3.05) is 0 Å². The number of fused-ring (bicyclic) bond motifs is 1. The second-order valence-corrected chi connectivity index (χ2v) is 13.9. The van der Waals surface area contributed by atoms with Crippen LogP contribution in [0.4, 0.5) is 0 Å². The molecule has 0 aliphatic rings. The standard InChI is InChI=1S/C28H35N3.C16H24.C2H6/c1-19(2)21(5)30-28(16-23-12-8-7-9-13-23)22(6)31-27(20(3)4)17-24-18-29-26-15-11-10-14-25(24)26;1-13(2)10-11-14(3)15(4)12-16-8-6-5-7-9-16;1-2/h7-15,18-19,27-31H,3,5-6,16-17H2,1-2,4H3;5-9,13,15H,3,10-12H2,1-2,4H3;1-2H3. The van der Waals surface area contributed by atoms with Crippen LogP contribution in [0.2, 0.25) is 0 Å². The summed E-state index contributed by atoms with van der Waals surface area (Å²) < 4.78 is 0. The van der Waals surface area contributed by atoms with E-state index in [1.165, 1.54) is 40.5 Å². The third-order valence-electron chi connectivity index (χ3n) is 8.94. The highest BCUT2D eigenvalue weighted by molar-refractivity contribution is 5.83. The molecule has 3 heteroatoms. The van der Waals surface area contributed by atoms with Crippen LogP contribution in [0, 0.1) is 17.8 Å². The Hall–Kier alpha value is -4.24. The molecule has 3 atom stereocenters. The molecule has 0 radical (unpaired) electrons. The van der Waals surface area contributed by atoms with E-state index in [0.717, 1.165) is 47.7 Å². The largest absolute Gasteiger partial charge is 0.380 e. The van der Waals surface area contributed by atoms with Gasteiger partial charge in [0.05, 0.1) is 12.1 Å². The molecule has 0 aliphatic heterocycles. The quantitative estimate of drug-likeness (QED) is 0.0987. The van der Waals surface area contributed by atoms with Gasteiger partial charge in [-0.2, -0.15) is 0 Å². The molecule has 0 saturated carbocycles. The number of aromatic nitrogens is 1. The zero-order chi connectivity index (χ0) is 36.3. The number of benzene rings is 3. The number of hydrogen-bond donors (Lipinski definition) is 3. The molecule has 4 rings (SSSR count). The second-order valence-electron chi connectivity index (χ2n) is 13.9. The first-order valence-corrected chi connectivity index (χ1v) is 18.3. The van der Waals surface area contributed by atoms with E-state index in [1.54, 1.807) is 0 Å². The molecule has 3 N–H and O–H groups in total. The first-order valence-electron chi connectivity index (χ1n) is 18.3. The lowest BCUT2D eigenvalue weighted by Crippen LogP contribution is -2.42. The van der Waals surface area contributed by atoms with Crippen molar-refractivity contribution in [3.8, 4) is 0 Å². The number of allylic oxidation sites excluding steroid dienone is 2. The molecule has 0 amide bonds. The number of rotatable bonds is 17. The Kier molecular flexibility index (Phi) is 18.1. The molecular weight excluding hydrogens is 595 g/mol. The highest BCUT2D eigenvalue weighted by atomic mass is 15.0. The molecule has 4 aromatic rings. The third-order valence-corrected chi connectivity index (χ3v) is 8.94. The molecule has 0 saturated heterocycles. The Labute approximate surface area is 299 Å². The lowest BCUT2D eigenvalue weighted by Gasteiger charge is -2.29. The fourth-order valence-corrected chi connectivity index (χ4v) is 5.53. The van der Waals surface area contributed by atoms with Crippen LogP contribution in [0.5, 0.6) is 0 Å². The Morgan fingerprint density at radius 3 is 1.73 bits per heavy atom. The first-order chi connectivity index (χ1) is 23.4. The van der Waals surface area contributed by atoms with E-state index in [9.17, 15) is 0 Å². The number of para-hydroxylation sites is 1. The molecular formula is C46H65N3. The molecule has 3 nitrogen and oxygen atoms in total. The zero-order valence-electron chi connectivity index (χ0n) is 31.9. The fraction of sp³-hybridized carbons (Fsp3) is 0.391. The van der Waals surface area contributed by atoms with Crippen molar-refractivity contribution in [3.05, 3.63) is 157 Å². The summed E-state index contributed by atoms with van der Waals surface area (Å²) in [6, 6.07) is 29.8. The van der Waals surface area contributed by atoms with Gasteiger partial charge in [-0.15, -0.1) is 0 Å². The average molecular weight is 660 g/mol. The van der Waals surface area contributed by atoms with Crippen molar-refractivity contribution < 1.29 is 0 Å². The summed E-state index contributed by atoms with van der Waals surface area (Å²) in [5.41, 5.74) is 9.59. The van der Waals surface area contributed by atoms with Gasteiger partial charge >= 0.3 is 0 Å². The van der Waals surface area contributed by atoms with Crippen LogP contribution < -0.4 is 10.6 Å². The highest BCUT2D eigenvalue weighted by Gasteiger charge is 2.20. The van der Waals surface area contributed by atoms with Gasteiger partial charge in [0.25, 0.3) is 0 Å². The number of hydrogen-bond acceptors (Lipinski definition) is 2. The second kappa shape index (κ2) is 21.7. The van der Waals surface area contributed by atoms with Gasteiger partial charge in [-0.1, -0.05) is 165 Å². The number of H-pyrrole nitrogens is 1. The normalized spacial score (nSPS) is 12.5. The maximum Gasteiger partial charge on any atom is 0.0691 e. The smallest absolute Gasteiger partial charge is 0.0691 e. The van der Waals surface area contributed by atoms with Crippen LogP contribution in [-0.2, 0) is 19.3 Å². The van der Waals surface area contributed by atoms with Crippen LogP contribution in [0.3, 0.4) is 0 Å². The lowest BCUT2D eigenvalue weighted by atomic mass is 9.90. The minimum absolute atomic E-state index is 0.0436. The van der Waals surface area contributed by atoms with Gasteiger partial charge in [-0.3, -0.25) is 0 Å². The molecule has 49 heavy (non-hydrogen) atoms. The van der Waals surface area contributed by atoms with E-state index in [1.807, 2.05) is 19.9 Å². The topological polar surface area (TPSA) is 39.8 Å². The van der Waals surface area contributed by atoms with Crippen LogP contribution in [0.25, 0.3) is 10.9 Å². The summed E-state index contributed by atoms with van der Waals surface area (Å²) in [4.78, 5) is 3.38. The molecule has 0 aliphatic carbocycles. The molecule has 264 valence electrons. The summed E-state index contributed by atoms with van der Waals surface area (Å²) >= 11 is 0. The Balaban J connectivity index is 0.000000390. The monoisotopic (exact) mass is 660 g/mol. The molecule has 1 heterocycles. The zero-order valence-corrected chi connectivity index (χ0v) is 31.9. The maximum atomic E-state index is 4.41. The summed E-state index contributed by atoms with van der Waals surface area (Å²) in [5, 5.41) is 8.54. The van der Waals surface area contributed by atoms with Gasteiger partial charge in [-0.25, -0.2) is 0 Å².